The van der Waals surface area contributed by atoms with Crippen molar-refractivity contribution in [3.05, 3.63) is 29.8 Å². The Morgan fingerprint density at radius 2 is 1.86 bits per heavy atom. The van der Waals surface area contributed by atoms with Crippen LogP contribution in [0.15, 0.2) is 24.3 Å². The van der Waals surface area contributed by atoms with Crippen molar-refractivity contribution >= 4 is 11.6 Å². The Kier molecular flexibility index (Phi) is 4.56. The Bertz CT molecular complexity index is 508. The second-order valence-electron chi connectivity index (χ2n) is 5.61. The van der Waals surface area contributed by atoms with Crippen LogP contribution in [-0.4, -0.2) is 22.8 Å². The highest BCUT2D eigenvalue weighted by molar-refractivity contribution is 5.92. The first-order valence-electron chi connectivity index (χ1n) is 6.94. The molecule has 1 aliphatic carbocycles. The van der Waals surface area contributed by atoms with Gasteiger partial charge >= 0.3 is 6.18 Å². The van der Waals surface area contributed by atoms with E-state index in [-0.39, 0.29) is 17.7 Å². The lowest BCUT2D eigenvalue weighted by Gasteiger charge is -2.21. The van der Waals surface area contributed by atoms with Gasteiger partial charge in [0.15, 0.2) is 0 Å². The summed E-state index contributed by atoms with van der Waals surface area (Å²) in [6.45, 7) is 0. The number of alkyl halides is 3. The summed E-state index contributed by atoms with van der Waals surface area (Å²) in [6.07, 6.45) is -2.64. The van der Waals surface area contributed by atoms with Crippen LogP contribution in [0.1, 0.15) is 37.7 Å². The first-order valence-corrected chi connectivity index (χ1v) is 6.94. The molecule has 1 aromatic carbocycles. The van der Waals surface area contributed by atoms with Gasteiger partial charge < -0.3 is 10.4 Å². The molecule has 0 saturated heterocycles. The fourth-order valence-corrected chi connectivity index (χ4v) is 2.72. The van der Waals surface area contributed by atoms with Crippen molar-refractivity contribution in [2.45, 2.75) is 50.3 Å². The van der Waals surface area contributed by atoms with Crippen LogP contribution in [0.4, 0.5) is 18.9 Å². The summed E-state index contributed by atoms with van der Waals surface area (Å²) >= 11 is 0. The van der Waals surface area contributed by atoms with Crippen LogP contribution in [0, 0.1) is 0 Å². The number of halogens is 3. The number of amides is 1. The third-order valence-electron chi connectivity index (χ3n) is 3.71. The molecule has 0 atom stereocenters. The zero-order chi connectivity index (χ0) is 15.5. The lowest BCUT2D eigenvalue weighted by Crippen LogP contribution is -2.31. The Hall–Kier alpha value is -1.56. The predicted octanol–water partition coefficient (Wildman–Crippen LogP) is 3.43. The molecule has 1 aliphatic rings. The lowest BCUT2D eigenvalue weighted by molar-refractivity contribution is -0.127. The minimum absolute atomic E-state index is 0.0248. The molecule has 116 valence electrons. The largest absolute Gasteiger partial charge is 0.393 e. The second kappa shape index (κ2) is 6.05. The van der Waals surface area contributed by atoms with Crippen molar-refractivity contribution in [3.63, 3.8) is 0 Å². The van der Waals surface area contributed by atoms with Crippen molar-refractivity contribution in [1.29, 1.82) is 0 Å². The molecule has 3 nitrogen and oxygen atoms in total. The molecule has 0 aromatic heterocycles. The van der Waals surface area contributed by atoms with E-state index in [1.54, 1.807) is 6.07 Å². The highest BCUT2D eigenvalue weighted by atomic mass is 19.4. The maximum Gasteiger partial charge on any atom is 0.393 e. The highest BCUT2D eigenvalue weighted by Crippen LogP contribution is 2.33. The Morgan fingerprint density at radius 3 is 2.48 bits per heavy atom. The number of hydrogen-bond acceptors (Lipinski definition) is 2. The molecule has 0 unspecified atom stereocenters. The molecule has 1 fully saturated rings. The number of para-hydroxylation sites is 1. The standard InChI is InChI=1S/C15H18F3NO2/c16-15(17,18)9-11-5-1-2-6-12(11)19-13(20)10-14(21)7-3-4-8-14/h1-2,5-6,21H,3-4,7-10H2,(H,19,20). The summed E-state index contributed by atoms with van der Waals surface area (Å²) in [4.78, 5) is 11.9. The molecule has 1 saturated carbocycles. The molecule has 1 aromatic rings. The van der Waals surface area contributed by atoms with Crippen molar-refractivity contribution in [3.8, 4) is 0 Å². The van der Waals surface area contributed by atoms with E-state index in [1.807, 2.05) is 0 Å². The number of nitrogens with one attached hydrogen (secondary N) is 1. The number of benzene rings is 1. The SMILES string of the molecule is O=C(CC1(O)CCCC1)Nc1ccccc1CC(F)(F)F. The second-order valence-corrected chi connectivity index (χ2v) is 5.61. The molecular formula is C15H18F3NO2. The van der Waals surface area contributed by atoms with Crippen LogP contribution in [0.25, 0.3) is 0 Å². The zero-order valence-corrected chi connectivity index (χ0v) is 11.5. The number of hydrogen-bond donors (Lipinski definition) is 2. The monoisotopic (exact) mass is 301 g/mol. The van der Waals surface area contributed by atoms with Crippen LogP contribution in [0.5, 0.6) is 0 Å². The van der Waals surface area contributed by atoms with E-state index in [1.165, 1.54) is 18.2 Å². The van der Waals surface area contributed by atoms with Crippen LogP contribution in [-0.2, 0) is 11.2 Å². The van der Waals surface area contributed by atoms with Gasteiger partial charge in [0.2, 0.25) is 5.91 Å². The third-order valence-corrected chi connectivity index (χ3v) is 3.71. The number of carbonyl (C=O) groups excluding carboxylic acids is 1. The van der Waals surface area contributed by atoms with Gasteiger partial charge in [0.05, 0.1) is 18.4 Å². The van der Waals surface area contributed by atoms with Crippen molar-refractivity contribution < 1.29 is 23.1 Å². The topological polar surface area (TPSA) is 49.3 Å². The van der Waals surface area contributed by atoms with E-state index in [9.17, 15) is 23.1 Å². The van der Waals surface area contributed by atoms with Gasteiger partial charge in [-0.3, -0.25) is 4.79 Å². The van der Waals surface area contributed by atoms with Crippen LogP contribution in [0.2, 0.25) is 0 Å². The van der Waals surface area contributed by atoms with Gasteiger partial charge in [-0.25, -0.2) is 0 Å². The first-order chi connectivity index (χ1) is 9.77. The Balaban J connectivity index is 2.03. The number of aliphatic hydroxyl groups is 1. The fraction of sp³-hybridized carbons (Fsp3) is 0.533. The van der Waals surface area contributed by atoms with E-state index in [0.717, 1.165) is 12.8 Å². The summed E-state index contributed by atoms with van der Waals surface area (Å²) in [5.74, 6) is -0.450. The van der Waals surface area contributed by atoms with Crippen molar-refractivity contribution in [2.24, 2.45) is 0 Å². The molecule has 21 heavy (non-hydrogen) atoms. The molecule has 1 amide bonds. The van der Waals surface area contributed by atoms with Gasteiger partial charge in [-0.1, -0.05) is 31.0 Å². The lowest BCUT2D eigenvalue weighted by atomic mass is 9.97. The maximum absolute atomic E-state index is 12.5. The predicted molar refractivity (Wildman–Crippen MR) is 72.9 cm³/mol. The smallest absolute Gasteiger partial charge is 0.389 e. The van der Waals surface area contributed by atoms with E-state index in [0.29, 0.717) is 12.8 Å². The summed E-state index contributed by atoms with van der Waals surface area (Å²) in [6, 6.07) is 5.85. The Morgan fingerprint density at radius 1 is 1.24 bits per heavy atom. The van der Waals surface area contributed by atoms with Gasteiger partial charge in [-0.05, 0) is 24.5 Å². The van der Waals surface area contributed by atoms with Gasteiger partial charge in [0.25, 0.3) is 0 Å². The molecule has 0 aliphatic heterocycles. The average molecular weight is 301 g/mol. The average Bonchev–Trinajstić information content (AvgIpc) is 2.76. The third kappa shape index (κ3) is 4.74. The normalized spacial score (nSPS) is 17.7. The van der Waals surface area contributed by atoms with Gasteiger partial charge in [-0.15, -0.1) is 0 Å². The van der Waals surface area contributed by atoms with Crippen LogP contribution < -0.4 is 5.32 Å². The van der Waals surface area contributed by atoms with E-state index in [4.69, 9.17) is 0 Å². The maximum atomic E-state index is 12.5. The molecule has 0 bridgehead atoms. The molecule has 0 heterocycles. The van der Waals surface area contributed by atoms with E-state index < -0.39 is 24.1 Å². The summed E-state index contributed by atoms with van der Waals surface area (Å²) in [7, 11) is 0. The van der Waals surface area contributed by atoms with Gasteiger partial charge in [0, 0.05) is 5.69 Å². The first kappa shape index (κ1) is 15.8. The van der Waals surface area contributed by atoms with Gasteiger partial charge in [-0.2, -0.15) is 13.2 Å². The number of rotatable bonds is 4. The summed E-state index contributed by atoms with van der Waals surface area (Å²) in [5.41, 5.74) is -0.832. The summed E-state index contributed by atoms with van der Waals surface area (Å²) < 4.78 is 37.5. The minimum atomic E-state index is -4.33. The molecule has 0 radical (unpaired) electrons. The van der Waals surface area contributed by atoms with Crippen LogP contribution >= 0.6 is 0 Å². The molecule has 0 spiro atoms. The number of anilines is 1. The molecular weight excluding hydrogens is 283 g/mol. The quantitative estimate of drug-likeness (QED) is 0.895. The van der Waals surface area contributed by atoms with E-state index in [2.05, 4.69) is 5.32 Å². The van der Waals surface area contributed by atoms with Crippen molar-refractivity contribution in [2.75, 3.05) is 5.32 Å². The van der Waals surface area contributed by atoms with Crippen molar-refractivity contribution in [1.82, 2.24) is 0 Å². The zero-order valence-electron chi connectivity index (χ0n) is 11.5. The van der Waals surface area contributed by atoms with E-state index >= 15 is 0 Å². The molecule has 6 heteroatoms. The Labute approximate surface area is 121 Å². The molecule has 2 rings (SSSR count). The fourth-order valence-electron chi connectivity index (χ4n) is 2.72. The van der Waals surface area contributed by atoms with Crippen LogP contribution in [0.3, 0.4) is 0 Å². The van der Waals surface area contributed by atoms with Gasteiger partial charge in [0.1, 0.15) is 0 Å². The highest BCUT2D eigenvalue weighted by Gasteiger charge is 2.34. The minimum Gasteiger partial charge on any atom is -0.389 e. The number of carbonyl (C=O) groups is 1. The molecule has 2 N–H and O–H groups in total. The summed E-state index contributed by atoms with van der Waals surface area (Å²) in [5, 5.41) is 12.6.